The van der Waals surface area contributed by atoms with E-state index in [1.165, 1.54) is 5.56 Å². The van der Waals surface area contributed by atoms with Gasteiger partial charge in [0, 0.05) is 36.1 Å². The Morgan fingerprint density at radius 1 is 1.07 bits per heavy atom. The van der Waals surface area contributed by atoms with Crippen molar-refractivity contribution in [3.8, 4) is 0 Å². The van der Waals surface area contributed by atoms with E-state index in [1.54, 1.807) is 12.1 Å². The Kier molecular flexibility index (Phi) is 6.51. The van der Waals surface area contributed by atoms with Gasteiger partial charge in [-0.2, -0.15) is 0 Å². The molecule has 0 bridgehead atoms. The van der Waals surface area contributed by atoms with Crippen LogP contribution >= 0.6 is 11.6 Å². The molecule has 1 fully saturated rings. The average molecular weight is 385 g/mol. The van der Waals surface area contributed by atoms with Crippen LogP contribution < -0.4 is 5.32 Å². The van der Waals surface area contributed by atoms with Crippen LogP contribution in [0.3, 0.4) is 0 Å². The Balaban J connectivity index is 1.46. The maximum absolute atomic E-state index is 12.6. The van der Waals surface area contributed by atoms with E-state index in [9.17, 15) is 9.59 Å². The normalized spacial score (nSPS) is 16.0. The first-order valence-electron chi connectivity index (χ1n) is 9.42. The van der Waals surface area contributed by atoms with Crippen LogP contribution in [0.15, 0.2) is 54.6 Å². The topological polar surface area (TPSA) is 49.4 Å². The van der Waals surface area contributed by atoms with Crippen molar-refractivity contribution in [2.45, 2.75) is 38.1 Å². The van der Waals surface area contributed by atoms with Crippen LogP contribution in [0.5, 0.6) is 0 Å². The molecule has 5 heteroatoms. The first-order chi connectivity index (χ1) is 13.0. The number of halogens is 1. The quantitative estimate of drug-likeness (QED) is 0.837. The fraction of sp³-hybridized carbons (Fsp3) is 0.364. The minimum Gasteiger partial charge on any atom is -0.349 e. The number of nitrogens with one attached hydrogen (secondary N) is 1. The minimum atomic E-state index is -0.195. The third kappa shape index (κ3) is 5.33. The highest BCUT2D eigenvalue weighted by Crippen LogP contribution is 2.29. The molecule has 4 nitrogen and oxygen atoms in total. The largest absolute Gasteiger partial charge is 0.349 e. The summed E-state index contributed by atoms with van der Waals surface area (Å²) in [5.41, 5.74) is 1.90. The number of piperidine rings is 1. The van der Waals surface area contributed by atoms with Crippen LogP contribution in [-0.2, 0) is 4.79 Å². The lowest BCUT2D eigenvalue weighted by Gasteiger charge is -2.33. The van der Waals surface area contributed by atoms with E-state index in [4.69, 9.17) is 11.6 Å². The number of hydrogen-bond acceptors (Lipinski definition) is 2. The summed E-state index contributed by atoms with van der Waals surface area (Å²) in [6, 6.07) is 16.9. The van der Waals surface area contributed by atoms with E-state index in [0.29, 0.717) is 17.9 Å². The maximum atomic E-state index is 12.6. The van der Waals surface area contributed by atoms with Crippen molar-refractivity contribution in [3.05, 3.63) is 70.7 Å². The molecule has 1 atom stereocenters. The lowest BCUT2D eigenvalue weighted by atomic mass is 9.89. The van der Waals surface area contributed by atoms with E-state index < -0.39 is 0 Å². The molecule has 2 aromatic rings. The van der Waals surface area contributed by atoms with Crippen molar-refractivity contribution < 1.29 is 9.59 Å². The van der Waals surface area contributed by atoms with Crippen LogP contribution in [0.25, 0.3) is 0 Å². The smallest absolute Gasteiger partial charge is 0.251 e. The molecule has 27 heavy (non-hydrogen) atoms. The summed E-state index contributed by atoms with van der Waals surface area (Å²) in [5.74, 6) is 0.435. The van der Waals surface area contributed by atoms with Gasteiger partial charge >= 0.3 is 0 Å². The first kappa shape index (κ1) is 19.4. The predicted molar refractivity (Wildman–Crippen MR) is 108 cm³/mol. The van der Waals surface area contributed by atoms with E-state index >= 15 is 0 Å². The zero-order valence-corrected chi connectivity index (χ0v) is 16.3. The van der Waals surface area contributed by atoms with Crippen molar-refractivity contribution in [3.63, 3.8) is 0 Å². The summed E-state index contributed by atoms with van der Waals surface area (Å²) < 4.78 is 0. The highest BCUT2D eigenvalue weighted by atomic mass is 35.5. The van der Waals surface area contributed by atoms with Gasteiger partial charge in [-0.05, 0) is 55.5 Å². The second kappa shape index (κ2) is 9.05. The van der Waals surface area contributed by atoms with Gasteiger partial charge in [-0.15, -0.1) is 0 Å². The summed E-state index contributed by atoms with van der Waals surface area (Å²) in [4.78, 5) is 26.7. The third-order valence-electron chi connectivity index (χ3n) is 5.08. The molecule has 1 aliphatic heterocycles. The molecule has 0 saturated carbocycles. The number of likely N-dealkylation sites (tertiary alicyclic amines) is 1. The molecular formula is C22H25ClN2O2. The highest BCUT2D eigenvalue weighted by Gasteiger charge is 2.25. The second-order valence-corrected chi connectivity index (χ2v) is 7.59. The van der Waals surface area contributed by atoms with Gasteiger partial charge in [-0.25, -0.2) is 0 Å². The van der Waals surface area contributed by atoms with Gasteiger partial charge in [0.25, 0.3) is 5.91 Å². The monoisotopic (exact) mass is 384 g/mol. The van der Waals surface area contributed by atoms with Gasteiger partial charge in [0.05, 0.1) is 0 Å². The molecule has 0 aliphatic carbocycles. The zero-order chi connectivity index (χ0) is 19.2. The predicted octanol–water partition coefficient (Wildman–Crippen LogP) is 4.25. The van der Waals surface area contributed by atoms with Crippen LogP contribution in [0, 0.1) is 0 Å². The number of hydrogen-bond donors (Lipinski definition) is 1. The third-order valence-corrected chi connectivity index (χ3v) is 5.34. The summed E-state index contributed by atoms with van der Waals surface area (Å²) >= 11 is 5.96. The molecule has 2 amide bonds. The van der Waals surface area contributed by atoms with Gasteiger partial charge in [-0.3, -0.25) is 9.59 Å². The molecule has 1 saturated heterocycles. The Labute approximate surface area is 165 Å². The molecule has 142 valence electrons. The molecule has 3 rings (SSSR count). The molecule has 1 heterocycles. The lowest BCUT2D eigenvalue weighted by Crippen LogP contribution is -2.42. The Bertz CT molecular complexity index is 769. The van der Waals surface area contributed by atoms with Crippen molar-refractivity contribution >= 4 is 23.4 Å². The van der Waals surface area contributed by atoms with E-state index in [1.807, 2.05) is 42.2 Å². The molecule has 0 radical (unpaired) electrons. The van der Waals surface area contributed by atoms with Gasteiger partial charge in [0.2, 0.25) is 5.91 Å². The number of carbonyl (C=O) groups excluding carboxylic acids is 2. The fourth-order valence-corrected chi connectivity index (χ4v) is 3.66. The summed E-state index contributed by atoms with van der Waals surface area (Å²) in [6.45, 7) is 3.39. The summed E-state index contributed by atoms with van der Waals surface area (Å²) in [6.07, 6.45) is 2.24. The van der Waals surface area contributed by atoms with Crippen LogP contribution in [-0.4, -0.2) is 35.8 Å². The van der Waals surface area contributed by atoms with Crippen LogP contribution in [0.1, 0.15) is 48.0 Å². The second-order valence-electron chi connectivity index (χ2n) is 7.15. The molecular weight excluding hydrogens is 360 g/mol. The van der Waals surface area contributed by atoms with Gasteiger partial charge in [-0.1, -0.05) is 41.9 Å². The lowest BCUT2D eigenvalue weighted by molar-refractivity contribution is -0.132. The van der Waals surface area contributed by atoms with Crippen molar-refractivity contribution in [1.29, 1.82) is 0 Å². The minimum absolute atomic E-state index is 0.102. The SMILES string of the molecule is CC(CC(=O)N1CCC(c2ccc(Cl)cc2)CC1)NC(=O)c1ccccc1. The molecule has 1 N–H and O–H groups in total. The number of benzene rings is 2. The van der Waals surface area contributed by atoms with Crippen molar-refractivity contribution in [1.82, 2.24) is 10.2 Å². The standard InChI is InChI=1S/C22H25ClN2O2/c1-16(24-22(27)19-5-3-2-4-6-19)15-21(26)25-13-11-18(12-14-25)17-7-9-20(23)10-8-17/h2-10,16,18H,11-15H2,1H3,(H,24,27). The van der Waals surface area contributed by atoms with Gasteiger partial charge in [0.1, 0.15) is 0 Å². The van der Waals surface area contributed by atoms with E-state index in [2.05, 4.69) is 17.4 Å². The Morgan fingerprint density at radius 3 is 2.33 bits per heavy atom. The summed E-state index contributed by atoms with van der Waals surface area (Å²) in [7, 11) is 0. The van der Waals surface area contributed by atoms with Gasteiger partial charge < -0.3 is 10.2 Å². The van der Waals surface area contributed by atoms with Crippen molar-refractivity contribution in [2.24, 2.45) is 0 Å². The molecule has 1 aliphatic rings. The number of rotatable bonds is 5. The fourth-order valence-electron chi connectivity index (χ4n) is 3.54. The molecule has 0 spiro atoms. The Morgan fingerprint density at radius 2 is 1.70 bits per heavy atom. The molecule has 0 aromatic heterocycles. The zero-order valence-electron chi connectivity index (χ0n) is 15.5. The highest BCUT2D eigenvalue weighted by molar-refractivity contribution is 6.30. The first-order valence-corrected chi connectivity index (χ1v) is 9.80. The molecule has 2 aromatic carbocycles. The van der Waals surface area contributed by atoms with Gasteiger partial charge in [0.15, 0.2) is 0 Å². The van der Waals surface area contributed by atoms with E-state index in [0.717, 1.165) is 31.0 Å². The number of amides is 2. The number of nitrogens with zero attached hydrogens (tertiary/aromatic N) is 1. The van der Waals surface area contributed by atoms with E-state index in [-0.39, 0.29) is 17.9 Å². The Hall–Kier alpha value is -2.33. The van der Waals surface area contributed by atoms with Crippen LogP contribution in [0.2, 0.25) is 5.02 Å². The molecule has 1 unspecified atom stereocenters. The van der Waals surface area contributed by atoms with Crippen LogP contribution in [0.4, 0.5) is 0 Å². The summed E-state index contributed by atoms with van der Waals surface area (Å²) in [5, 5.41) is 3.66. The number of carbonyl (C=O) groups is 2. The maximum Gasteiger partial charge on any atom is 0.251 e. The average Bonchev–Trinajstić information content (AvgIpc) is 2.69. The van der Waals surface area contributed by atoms with Crippen molar-refractivity contribution in [2.75, 3.05) is 13.1 Å².